The number of carbonyl (C=O) groups excluding carboxylic acids is 1. The molecule has 6 heteroatoms. The maximum absolute atomic E-state index is 11.8. The molecule has 0 saturated heterocycles. The normalized spacial score (nSPS) is 11.6. The first-order chi connectivity index (χ1) is 9.47. The number of carboxylic acids is 1. The van der Waals surface area contributed by atoms with Crippen molar-refractivity contribution < 1.29 is 19.4 Å². The predicted molar refractivity (Wildman–Crippen MR) is 76.2 cm³/mol. The van der Waals surface area contributed by atoms with Crippen LogP contribution in [0.3, 0.4) is 0 Å². The molecule has 0 aliphatic carbocycles. The number of hydrogen-bond donors (Lipinski definition) is 3. The molecule has 2 amide bonds. The minimum Gasteiger partial charge on any atom is -0.495 e. The van der Waals surface area contributed by atoms with Gasteiger partial charge in [0.05, 0.1) is 12.8 Å². The number of carboxylic acid groups (broad SMARTS) is 1. The highest BCUT2D eigenvalue weighted by atomic mass is 16.5. The highest BCUT2D eigenvalue weighted by Gasteiger charge is 2.19. The van der Waals surface area contributed by atoms with Crippen LogP contribution in [0, 0.1) is 6.92 Å². The Kier molecular flexibility index (Phi) is 5.83. The lowest BCUT2D eigenvalue weighted by atomic mass is 10.2. The van der Waals surface area contributed by atoms with Crippen LogP contribution in [0.15, 0.2) is 18.2 Å². The summed E-state index contributed by atoms with van der Waals surface area (Å²) in [7, 11) is 1.50. The van der Waals surface area contributed by atoms with E-state index in [1.165, 1.54) is 7.11 Å². The van der Waals surface area contributed by atoms with Crippen LogP contribution in [0.5, 0.6) is 5.75 Å². The van der Waals surface area contributed by atoms with Gasteiger partial charge >= 0.3 is 12.0 Å². The summed E-state index contributed by atoms with van der Waals surface area (Å²) in [5.74, 6) is -0.522. The molecular weight excluding hydrogens is 260 g/mol. The lowest BCUT2D eigenvalue weighted by molar-refractivity contribution is -0.139. The molecule has 3 N–H and O–H groups in total. The molecule has 0 radical (unpaired) electrons. The van der Waals surface area contributed by atoms with E-state index >= 15 is 0 Å². The monoisotopic (exact) mass is 280 g/mol. The summed E-state index contributed by atoms with van der Waals surface area (Å²) in [4.78, 5) is 22.8. The summed E-state index contributed by atoms with van der Waals surface area (Å²) in [5, 5.41) is 14.0. The van der Waals surface area contributed by atoms with E-state index in [9.17, 15) is 9.59 Å². The molecule has 1 aromatic carbocycles. The van der Waals surface area contributed by atoms with Gasteiger partial charge in [-0.2, -0.15) is 0 Å². The van der Waals surface area contributed by atoms with Crippen molar-refractivity contribution in [1.29, 1.82) is 0 Å². The number of urea groups is 1. The van der Waals surface area contributed by atoms with Crippen LogP contribution in [-0.2, 0) is 4.79 Å². The van der Waals surface area contributed by atoms with Crippen LogP contribution in [0.4, 0.5) is 10.5 Å². The lowest BCUT2D eigenvalue weighted by Gasteiger charge is -2.16. The largest absolute Gasteiger partial charge is 0.495 e. The maximum Gasteiger partial charge on any atom is 0.326 e. The molecule has 6 nitrogen and oxygen atoms in total. The van der Waals surface area contributed by atoms with Crippen molar-refractivity contribution in [2.45, 2.75) is 32.7 Å². The van der Waals surface area contributed by atoms with E-state index in [0.717, 1.165) is 5.56 Å². The van der Waals surface area contributed by atoms with Crippen LogP contribution in [-0.4, -0.2) is 30.3 Å². The first kappa shape index (κ1) is 15.8. The van der Waals surface area contributed by atoms with E-state index in [1.807, 2.05) is 19.9 Å². The lowest BCUT2D eigenvalue weighted by Crippen LogP contribution is -2.42. The van der Waals surface area contributed by atoms with Crippen molar-refractivity contribution in [2.75, 3.05) is 12.4 Å². The number of ether oxygens (including phenoxy) is 1. The number of aliphatic carboxylic acids is 1. The van der Waals surface area contributed by atoms with Gasteiger partial charge in [0.2, 0.25) is 0 Å². The van der Waals surface area contributed by atoms with E-state index in [-0.39, 0.29) is 0 Å². The number of carbonyl (C=O) groups is 2. The molecular formula is C14H20N2O4. The summed E-state index contributed by atoms with van der Waals surface area (Å²) >= 11 is 0. The molecule has 20 heavy (non-hydrogen) atoms. The average Bonchev–Trinajstić information content (AvgIpc) is 2.38. The number of amides is 2. The van der Waals surface area contributed by atoms with Crippen molar-refractivity contribution in [3.05, 3.63) is 23.8 Å². The van der Waals surface area contributed by atoms with Gasteiger partial charge in [0.25, 0.3) is 0 Å². The highest BCUT2D eigenvalue weighted by molar-refractivity contribution is 5.93. The highest BCUT2D eigenvalue weighted by Crippen LogP contribution is 2.24. The first-order valence-electron chi connectivity index (χ1n) is 6.42. The van der Waals surface area contributed by atoms with E-state index in [4.69, 9.17) is 9.84 Å². The van der Waals surface area contributed by atoms with Gasteiger partial charge in [-0.25, -0.2) is 9.59 Å². The summed E-state index contributed by atoms with van der Waals surface area (Å²) < 4.78 is 5.14. The third-order valence-electron chi connectivity index (χ3n) is 2.78. The average molecular weight is 280 g/mol. The minimum atomic E-state index is -1.04. The number of methoxy groups -OCH3 is 1. The van der Waals surface area contributed by atoms with Crippen LogP contribution < -0.4 is 15.4 Å². The van der Waals surface area contributed by atoms with Gasteiger partial charge in [0.1, 0.15) is 11.8 Å². The summed E-state index contributed by atoms with van der Waals surface area (Å²) in [6.45, 7) is 3.75. The third kappa shape index (κ3) is 4.46. The quantitative estimate of drug-likeness (QED) is 0.746. The number of nitrogens with one attached hydrogen (secondary N) is 2. The Morgan fingerprint density at radius 3 is 2.65 bits per heavy atom. The Morgan fingerprint density at radius 2 is 2.10 bits per heavy atom. The number of hydrogen-bond acceptors (Lipinski definition) is 3. The fourth-order valence-corrected chi connectivity index (χ4v) is 1.78. The van der Waals surface area contributed by atoms with Crippen molar-refractivity contribution in [2.24, 2.45) is 0 Å². The van der Waals surface area contributed by atoms with Crippen molar-refractivity contribution >= 4 is 17.7 Å². The predicted octanol–water partition coefficient (Wildman–Crippen LogP) is 2.38. The number of benzene rings is 1. The summed E-state index contributed by atoms with van der Waals surface area (Å²) in [5.41, 5.74) is 1.47. The fraction of sp³-hybridized carbons (Fsp3) is 0.429. The fourth-order valence-electron chi connectivity index (χ4n) is 1.78. The Labute approximate surface area is 118 Å². The van der Waals surface area contributed by atoms with Gasteiger partial charge in [-0.15, -0.1) is 0 Å². The van der Waals surface area contributed by atoms with Crippen LogP contribution >= 0.6 is 0 Å². The first-order valence-corrected chi connectivity index (χ1v) is 6.42. The van der Waals surface area contributed by atoms with E-state index in [0.29, 0.717) is 24.3 Å². The molecule has 1 rings (SSSR count). The SMILES string of the molecule is CCC[C@@H](NC(=O)Nc1cc(C)ccc1OC)C(=O)O. The molecule has 0 aromatic heterocycles. The Morgan fingerprint density at radius 1 is 1.40 bits per heavy atom. The van der Waals surface area contributed by atoms with Gasteiger partial charge < -0.3 is 20.5 Å². The second kappa shape index (κ2) is 7.37. The second-order valence-electron chi connectivity index (χ2n) is 4.48. The number of aryl methyl sites for hydroxylation is 1. The minimum absolute atomic E-state index is 0.383. The Bertz CT molecular complexity index is 488. The van der Waals surface area contributed by atoms with Crippen molar-refractivity contribution in [1.82, 2.24) is 5.32 Å². The van der Waals surface area contributed by atoms with Gasteiger partial charge in [-0.3, -0.25) is 0 Å². The zero-order valence-corrected chi connectivity index (χ0v) is 11.9. The molecule has 0 bridgehead atoms. The van der Waals surface area contributed by atoms with E-state index in [1.54, 1.807) is 12.1 Å². The van der Waals surface area contributed by atoms with Crippen LogP contribution in [0.25, 0.3) is 0 Å². The molecule has 1 aromatic rings. The van der Waals surface area contributed by atoms with E-state index in [2.05, 4.69) is 10.6 Å². The van der Waals surface area contributed by atoms with Crippen LogP contribution in [0.2, 0.25) is 0 Å². The van der Waals surface area contributed by atoms with Crippen LogP contribution in [0.1, 0.15) is 25.3 Å². The Balaban J connectivity index is 2.75. The summed E-state index contributed by atoms with van der Waals surface area (Å²) in [6, 6.07) is 3.91. The Hall–Kier alpha value is -2.24. The van der Waals surface area contributed by atoms with Crippen molar-refractivity contribution in [3.63, 3.8) is 0 Å². The molecule has 1 atom stereocenters. The van der Waals surface area contributed by atoms with Gasteiger partial charge in [0.15, 0.2) is 0 Å². The van der Waals surface area contributed by atoms with E-state index < -0.39 is 18.0 Å². The van der Waals surface area contributed by atoms with Gasteiger partial charge in [0, 0.05) is 0 Å². The second-order valence-corrected chi connectivity index (χ2v) is 4.48. The molecule has 0 heterocycles. The maximum atomic E-state index is 11.8. The number of anilines is 1. The molecule has 0 saturated carbocycles. The zero-order chi connectivity index (χ0) is 15.1. The third-order valence-corrected chi connectivity index (χ3v) is 2.78. The number of rotatable bonds is 6. The molecule has 0 aliphatic heterocycles. The topological polar surface area (TPSA) is 87.7 Å². The van der Waals surface area contributed by atoms with Crippen molar-refractivity contribution in [3.8, 4) is 5.75 Å². The zero-order valence-electron chi connectivity index (χ0n) is 11.9. The molecule has 0 spiro atoms. The molecule has 0 fully saturated rings. The molecule has 110 valence electrons. The smallest absolute Gasteiger partial charge is 0.326 e. The van der Waals surface area contributed by atoms with Gasteiger partial charge in [-0.1, -0.05) is 19.4 Å². The summed E-state index contributed by atoms with van der Waals surface area (Å²) in [6.07, 6.45) is 1.05. The van der Waals surface area contributed by atoms with Gasteiger partial charge in [-0.05, 0) is 31.0 Å². The standard InChI is InChI=1S/C14H20N2O4/c1-4-5-10(13(17)18)15-14(19)16-11-8-9(2)6-7-12(11)20-3/h6-8,10H,4-5H2,1-3H3,(H,17,18)(H2,15,16,19)/t10-/m1/s1. The molecule has 0 unspecified atom stereocenters. The molecule has 0 aliphatic rings.